The number of nitrogens with two attached hydrogens (primary N) is 1. The van der Waals surface area contributed by atoms with Crippen molar-refractivity contribution in [3.8, 4) is 11.5 Å². The predicted molar refractivity (Wildman–Crippen MR) is 109 cm³/mol. The molecule has 2 aliphatic heterocycles. The highest BCUT2D eigenvalue weighted by molar-refractivity contribution is 5.92. The summed E-state index contributed by atoms with van der Waals surface area (Å²) in [4.78, 5) is 14.6. The van der Waals surface area contributed by atoms with Crippen molar-refractivity contribution in [2.75, 3.05) is 26.8 Å². The minimum Gasteiger partial charge on any atom is -0.496 e. The van der Waals surface area contributed by atoms with Gasteiger partial charge in [-0.05, 0) is 36.6 Å². The summed E-state index contributed by atoms with van der Waals surface area (Å²) < 4.78 is 11.3. The zero-order valence-corrected chi connectivity index (χ0v) is 16.2. The Balaban J connectivity index is 1.44. The second kappa shape index (κ2) is 7.68. The van der Waals surface area contributed by atoms with Crippen LogP contribution in [0.2, 0.25) is 0 Å². The van der Waals surface area contributed by atoms with Gasteiger partial charge in [0, 0.05) is 42.3 Å². The number of carbonyl (C=O) groups excluding carboxylic acids is 1. The lowest BCUT2D eigenvalue weighted by Gasteiger charge is -2.38. The molecule has 0 saturated carbocycles. The third-order valence-corrected chi connectivity index (χ3v) is 5.93. The molecule has 5 heteroatoms. The fraction of sp³-hybridized carbons (Fsp3) is 0.348. The van der Waals surface area contributed by atoms with E-state index in [2.05, 4.69) is 6.07 Å². The molecule has 28 heavy (non-hydrogen) atoms. The van der Waals surface area contributed by atoms with Crippen LogP contribution in [0.5, 0.6) is 11.5 Å². The Kier molecular flexibility index (Phi) is 5.09. The van der Waals surface area contributed by atoms with E-state index in [1.165, 1.54) is 5.56 Å². The van der Waals surface area contributed by atoms with E-state index >= 15 is 0 Å². The summed E-state index contributed by atoms with van der Waals surface area (Å²) in [6, 6.07) is 13.9. The molecule has 4 rings (SSSR count). The van der Waals surface area contributed by atoms with Crippen LogP contribution < -0.4 is 15.2 Å². The van der Waals surface area contributed by atoms with Crippen molar-refractivity contribution in [1.82, 2.24) is 4.90 Å². The molecule has 0 radical (unpaired) electrons. The molecule has 2 aliphatic rings. The number of piperidine rings is 1. The van der Waals surface area contributed by atoms with Crippen molar-refractivity contribution in [2.24, 2.45) is 5.73 Å². The molecule has 5 nitrogen and oxygen atoms in total. The van der Waals surface area contributed by atoms with Gasteiger partial charge in [0.15, 0.2) is 0 Å². The number of likely N-dealkylation sites (tertiary alicyclic amines) is 1. The van der Waals surface area contributed by atoms with Gasteiger partial charge in [-0.25, -0.2) is 0 Å². The van der Waals surface area contributed by atoms with Crippen LogP contribution in [0.4, 0.5) is 0 Å². The monoisotopic (exact) mass is 378 g/mol. The summed E-state index contributed by atoms with van der Waals surface area (Å²) >= 11 is 0. The Morgan fingerprint density at radius 3 is 2.79 bits per heavy atom. The Labute approximate surface area is 165 Å². The minimum atomic E-state index is 0.00363. The molecular weight excluding hydrogens is 352 g/mol. The highest BCUT2D eigenvalue weighted by atomic mass is 16.5. The van der Waals surface area contributed by atoms with Gasteiger partial charge in [-0.2, -0.15) is 0 Å². The van der Waals surface area contributed by atoms with Crippen molar-refractivity contribution in [3.05, 3.63) is 65.2 Å². The number of ether oxygens (including phenoxy) is 2. The van der Waals surface area contributed by atoms with Gasteiger partial charge in [0.1, 0.15) is 11.5 Å². The van der Waals surface area contributed by atoms with E-state index in [0.717, 1.165) is 48.6 Å². The van der Waals surface area contributed by atoms with E-state index < -0.39 is 0 Å². The largest absolute Gasteiger partial charge is 0.496 e. The van der Waals surface area contributed by atoms with Crippen molar-refractivity contribution in [2.45, 2.75) is 24.8 Å². The molecule has 2 N–H and O–H groups in total. The molecule has 2 aromatic carbocycles. The van der Waals surface area contributed by atoms with Gasteiger partial charge in [-0.3, -0.25) is 4.79 Å². The van der Waals surface area contributed by atoms with Gasteiger partial charge in [0.05, 0.1) is 13.7 Å². The average molecular weight is 378 g/mol. The summed E-state index contributed by atoms with van der Waals surface area (Å²) in [6.45, 7) is 2.67. The molecule has 1 spiro atoms. The van der Waals surface area contributed by atoms with Gasteiger partial charge in [0.25, 0.3) is 0 Å². The van der Waals surface area contributed by atoms with Crippen LogP contribution in [-0.4, -0.2) is 37.6 Å². The SMILES string of the molecule is COc1ccccc1C=CC(=O)N1CCC2(CC1)COc1ccc(CN)cc12. The number of hydrogen-bond acceptors (Lipinski definition) is 4. The number of benzene rings is 2. The molecule has 1 saturated heterocycles. The maximum absolute atomic E-state index is 12.7. The molecule has 0 atom stereocenters. The quantitative estimate of drug-likeness (QED) is 0.831. The van der Waals surface area contributed by atoms with E-state index in [1.807, 2.05) is 47.4 Å². The molecule has 0 unspecified atom stereocenters. The Morgan fingerprint density at radius 2 is 2.04 bits per heavy atom. The van der Waals surface area contributed by atoms with Crippen LogP contribution in [0, 0.1) is 0 Å². The van der Waals surface area contributed by atoms with Gasteiger partial charge in [-0.1, -0.05) is 30.3 Å². The maximum atomic E-state index is 12.7. The molecule has 1 fully saturated rings. The van der Waals surface area contributed by atoms with Crippen molar-refractivity contribution >= 4 is 12.0 Å². The number of carbonyl (C=O) groups is 1. The third-order valence-electron chi connectivity index (χ3n) is 5.93. The van der Waals surface area contributed by atoms with E-state index in [9.17, 15) is 4.79 Å². The highest BCUT2D eigenvalue weighted by Gasteiger charge is 2.43. The van der Waals surface area contributed by atoms with Crippen LogP contribution in [-0.2, 0) is 16.8 Å². The molecular formula is C23H26N2O3. The first-order chi connectivity index (χ1) is 13.6. The van der Waals surface area contributed by atoms with Crippen LogP contribution in [0.1, 0.15) is 29.5 Å². The third kappa shape index (κ3) is 3.38. The van der Waals surface area contributed by atoms with E-state index in [-0.39, 0.29) is 11.3 Å². The summed E-state index contributed by atoms with van der Waals surface area (Å²) in [6.07, 6.45) is 5.28. The maximum Gasteiger partial charge on any atom is 0.246 e. The lowest BCUT2D eigenvalue weighted by atomic mass is 9.74. The zero-order chi connectivity index (χ0) is 19.6. The highest BCUT2D eigenvalue weighted by Crippen LogP contribution is 2.45. The number of para-hydroxylation sites is 1. The normalized spacial score (nSPS) is 17.6. The molecule has 0 aromatic heterocycles. The molecule has 0 aliphatic carbocycles. The number of nitrogens with zero attached hydrogens (tertiary/aromatic N) is 1. The van der Waals surface area contributed by atoms with Crippen LogP contribution >= 0.6 is 0 Å². The fourth-order valence-corrected chi connectivity index (χ4v) is 4.18. The number of hydrogen-bond donors (Lipinski definition) is 1. The lowest BCUT2D eigenvalue weighted by Crippen LogP contribution is -2.45. The molecule has 0 bridgehead atoms. The molecule has 2 heterocycles. The lowest BCUT2D eigenvalue weighted by molar-refractivity contribution is -0.127. The van der Waals surface area contributed by atoms with E-state index in [4.69, 9.17) is 15.2 Å². The Bertz CT molecular complexity index is 898. The number of rotatable bonds is 4. The molecule has 2 aromatic rings. The molecule has 1 amide bonds. The Morgan fingerprint density at radius 1 is 1.25 bits per heavy atom. The first-order valence-electron chi connectivity index (χ1n) is 9.71. The summed E-state index contributed by atoms with van der Waals surface area (Å²) in [5.74, 6) is 1.77. The predicted octanol–water partition coefficient (Wildman–Crippen LogP) is 3.12. The van der Waals surface area contributed by atoms with Crippen molar-refractivity contribution in [1.29, 1.82) is 0 Å². The zero-order valence-electron chi connectivity index (χ0n) is 16.2. The number of amides is 1. The Hall–Kier alpha value is -2.79. The fourth-order valence-electron chi connectivity index (χ4n) is 4.18. The van der Waals surface area contributed by atoms with Crippen molar-refractivity contribution < 1.29 is 14.3 Å². The molecule has 146 valence electrons. The average Bonchev–Trinajstić information content (AvgIpc) is 3.10. The topological polar surface area (TPSA) is 64.8 Å². The van der Waals surface area contributed by atoms with E-state index in [0.29, 0.717) is 13.2 Å². The van der Waals surface area contributed by atoms with E-state index in [1.54, 1.807) is 13.2 Å². The summed E-state index contributed by atoms with van der Waals surface area (Å²) in [5.41, 5.74) is 9.10. The first kappa shape index (κ1) is 18.6. The van der Waals surface area contributed by atoms with Crippen LogP contribution in [0.25, 0.3) is 6.08 Å². The van der Waals surface area contributed by atoms with Gasteiger partial charge in [-0.15, -0.1) is 0 Å². The van der Waals surface area contributed by atoms with Crippen LogP contribution in [0.3, 0.4) is 0 Å². The summed E-state index contributed by atoms with van der Waals surface area (Å²) in [7, 11) is 1.64. The second-order valence-electron chi connectivity index (χ2n) is 7.50. The van der Waals surface area contributed by atoms with Crippen LogP contribution in [0.15, 0.2) is 48.5 Å². The van der Waals surface area contributed by atoms with Crippen molar-refractivity contribution in [3.63, 3.8) is 0 Å². The number of fused-ring (bicyclic) bond motifs is 2. The van der Waals surface area contributed by atoms with Gasteiger partial charge in [0.2, 0.25) is 5.91 Å². The van der Waals surface area contributed by atoms with Gasteiger partial charge >= 0.3 is 0 Å². The second-order valence-corrected chi connectivity index (χ2v) is 7.50. The van der Waals surface area contributed by atoms with Gasteiger partial charge < -0.3 is 20.1 Å². The smallest absolute Gasteiger partial charge is 0.246 e. The standard InChI is InChI=1S/C23H26N2O3/c1-27-20-5-3-2-4-18(20)7-9-22(26)25-12-10-23(11-13-25)16-28-21-8-6-17(15-24)14-19(21)23/h2-9,14H,10-13,15-16,24H2,1H3. The minimum absolute atomic E-state index is 0.00363. The summed E-state index contributed by atoms with van der Waals surface area (Å²) in [5, 5.41) is 0. The first-order valence-corrected chi connectivity index (χ1v) is 9.71. The number of methoxy groups -OCH3 is 1.